The van der Waals surface area contributed by atoms with Crippen LogP contribution >= 0.6 is 0 Å². The second-order valence-electron chi connectivity index (χ2n) is 4.67. The fourth-order valence-corrected chi connectivity index (χ4v) is 2.16. The van der Waals surface area contributed by atoms with E-state index in [2.05, 4.69) is 10.3 Å². The summed E-state index contributed by atoms with van der Waals surface area (Å²) in [6, 6.07) is 14.7. The van der Waals surface area contributed by atoms with E-state index in [0.717, 1.165) is 11.4 Å². The predicted octanol–water partition coefficient (Wildman–Crippen LogP) is 3.13. The number of nitrogens with one attached hydrogen (secondary N) is 1. The van der Waals surface area contributed by atoms with Crippen molar-refractivity contribution < 1.29 is 9.53 Å². The largest absolute Gasteiger partial charge is 0.496 e. The Kier molecular flexibility index (Phi) is 3.87. The molecular formula is C17H15N3O2. The number of aromatic nitrogens is 2. The van der Waals surface area contributed by atoms with Crippen molar-refractivity contribution >= 4 is 11.6 Å². The van der Waals surface area contributed by atoms with Crippen LogP contribution in [0, 0.1) is 0 Å². The highest BCUT2D eigenvalue weighted by atomic mass is 16.5. The number of hydrogen-bond acceptors (Lipinski definition) is 3. The minimum absolute atomic E-state index is 0.201. The summed E-state index contributed by atoms with van der Waals surface area (Å²) in [5.74, 6) is 0.350. The molecule has 0 spiro atoms. The highest BCUT2D eigenvalue weighted by molar-refractivity contribution is 6.06. The monoisotopic (exact) mass is 293 g/mol. The van der Waals surface area contributed by atoms with Crippen LogP contribution in [0.4, 0.5) is 5.69 Å². The van der Waals surface area contributed by atoms with E-state index in [1.165, 1.54) is 0 Å². The SMILES string of the molecule is COc1ccccc1C(=O)Nc1ccc(-n2ccnc2)cc1. The summed E-state index contributed by atoms with van der Waals surface area (Å²) in [5.41, 5.74) is 2.20. The number of hydrogen-bond donors (Lipinski definition) is 1. The average molecular weight is 293 g/mol. The van der Waals surface area contributed by atoms with Crippen LogP contribution in [0.3, 0.4) is 0 Å². The summed E-state index contributed by atoms with van der Waals surface area (Å²) < 4.78 is 7.10. The number of methoxy groups -OCH3 is 1. The van der Waals surface area contributed by atoms with Gasteiger partial charge in [0.1, 0.15) is 5.75 Å². The number of amides is 1. The molecule has 1 amide bonds. The highest BCUT2D eigenvalue weighted by Gasteiger charge is 2.11. The normalized spacial score (nSPS) is 10.2. The number of ether oxygens (including phenoxy) is 1. The van der Waals surface area contributed by atoms with E-state index in [1.807, 2.05) is 41.1 Å². The van der Waals surface area contributed by atoms with Gasteiger partial charge in [-0.25, -0.2) is 4.98 Å². The van der Waals surface area contributed by atoms with E-state index >= 15 is 0 Å². The van der Waals surface area contributed by atoms with Gasteiger partial charge in [0, 0.05) is 23.8 Å². The fraction of sp³-hybridized carbons (Fsp3) is 0.0588. The first kappa shape index (κ1) is 13.9. The van der Waals surface area contributed by atoms with Gasteiger partial charge < -0.3 is 14.6 Å². The van der Waals surface area contributed by atoms with Gasteiger partial charge in [-0.1, -0.05) is 12.1 Å². The van der Waals surface area contributed by atoms with E-state index in [4.69, 9.17) is 4.74 Å². The molecule has 0 saturated heterocycles. The molecule has 0 fully saturated rings. The summed E-state index contributed by atoms with van der Waals surface area (Å²) in [6.45, 7) is 0. The van der Waals surface area contributed by atoms with Crippen LogP contribution in [0.5, 0.6) is 5.75 Å². The Bertz CT molecular complexity index is 765. The molecule has 110 valence electrons. The third kappa shape index (κ3) is 2.83. The summed E-state index contributed by atoms with van der Waals surface area (Å²) in [5, 5.41) is 2.86. The molecule has 0 saturated carbocycles. The molecule has 0 unspecified atom stereocenters. The Labute approximate surface area is 128 Å². The van der Waals surface area contributed by atoms with Crippen molar-refractivity contribution in [3.63, 3.8) is 0 Å². The van der Waals surface area contributed by atoms with Crippen LogP contribution in [-0.2, 0) is 0 Å². The number of para-hydroxylation sites is 1. The number of anilines is 1. The van der Waals surface area contributed by atoms with E-state index < -0.39 is 0 Å². The van der Waals surface area contributed by atoms with Crippen LogP contribution in [-0.4, -0.2) is 22.6 Å². The number of benzene rings is 2. The molecule has 1 aromatic heterocycles. The van der Waals surface area contributed by atoms with Gasteiger partial charge in [-0.05, 0) is 36.4 Å². The average Bonchev–Trinajstić information content (AvgIpc) is 3.10. The first-order chi connectivity index (χ1) is 10.8. The Morgan fingerprint density at radius 1 is 1.14 bits per heavy atom. The maximum atomic E-state index is 12.3. The number of imidazole rings is 1. The molecule has 3 rings (SSSR count). The lowest BCUT2D eigenvalue weighted by atomic mass is 10.2. The number of nitrogens with zero attached hydrogens (tertiary/aromatic N) is 2. The molecule has 0 aliphatic rings. The van der Waals surface area contributed by atoms with Gasteiger partial charge >= 0.3 is 0 Å². The van der Waals surface area contributed by atoms with Crippen molar-refractivity contribution in [3.05, 3.63) is 72.8 Å². The first-order valence-electron chi connectivity index (χ1n) is 6.80. The van der Waals surface area contributed by atoms with Crippen LogP contribution in [0.25, 0.3) is 5.69 Å². The molecule has 3 aromatic rings. The molecular weight excluding hydrogens is 278 g/mol. The number of rotatable bonds is 4. The smallest absolute Gasteiger partial charge is 0.259 e. The standard InChI is InChI=1S/C17H15N3O2/c1-22-16-5-3-2-4-15(16)17(21)19-13-6-8-14(9-7-13)20-11-10-18-12-20/h2-12H,1H3,(H,19,21). The molecule has 0 radical (unpaired) electrons. The van der Waals surface area contributed by atoms with Crippen molar-refractivity contribution in [2.24, 2.45) is 0 Å². The van der Waals surface area contributed by atoms with Crippen LogP contribution < -0.4 is 10.1 Å². The van der Waals surface area contributed by atoms with Crippen molar-refractivity contribution in [3.8, 4) is 11.4 Å². The number of carbonyl (C=O) groups excluding carboxylic acids is 1. The van der Waals surface area contributed by atoms with Crippen molar-refractivity contribution in [2.45, 2.75) is 0 Å². The summed E-state index contributed by atoms with van der Waals surface area (Å²) in [6.07, 6.45) is 5.31. The van der Waals surface area contributed by atoms with Crippen molar-refractivity contribution in [1.82, 2.24) is 9.55 Å². The van der Waals surface area contributed by atoms with Crippen molar-refractivity contribution in [2.75, 3.05) is 12.4 Å². The molecule has 0 bridgehead atoms. The summed E-state index contributed by atoms with van der Waals surface area (Å²) >= 11 is 0. The molecule has 2 aromatic carbocycles. The summed E-state index contributed by atoms with van der Waals surface area (Å²) in [4.78, 5) is 16.3. The zero-order chi connectivity index (χ0) is 15.4. The summed E-state index contributed by atoms with van der Waals surface area (Å²) in [7, 11) is 1.55. The zero-order valence-electron chi connectivity index (χ0n) is 12.1. The van der Waals surface area contributed by atoms with Crippen LogP contribution in [0.1, 0.15) is 10.4 Å². The predicted molar refractivity (Wildman–Crippen MR) is 84.5 cm³/mol. The van der Waals surface area contributed by atoms with Gasteiger partial charge in [0.25, 0.3) is 5.91 Å². The van der Waals surface area contributed by atoms with Gasteiger partial charge in [-0.3, -0.25) is 4.79 Å². The highest BCUT2D eigenvalue weighted by Crippen LogP contribution is 2.20. The quantitative estimate of drug-likeness (QED) is 0.804. The van der Waals surface area contributed by atoms with E-state index in [0.29, 0.717) is 11.3 Å². The third-order valence-corrected chi connectivity index (χ3v) is 3.28. The molecule has 22 heavy (non-hydrogen) atoms. The molecule has 0 aliphatic carbocycles. The lowest BCUT2D eigenvalue weighted by Crippen LogP contribution is -2.13. The van der Waals surface area contributed by atoms with Gasteiger partial charge in [0.05, 0.1) is 19.0 Å². The van der Waals surface area contributed by atoms with Gasteiger partial charge in [-0.15, -0.1) is 0 Å². The first-order valence-corrected chi connectivity index (χ1v) is 6.80. The van der Waals surface area contributed by atoms with E-state index in [1.54, 1.807) is 37.8 Å². The molecule has 5 heteroatoms. The Hall–Kier alpha value is -3.08. The van der Waals surface area contributed by atoms with Gasteiger partial charge in [0.2, 0.25) is 0 Å². The van der Waals surface area contributed by atoms with Gasteiger partial charge in [-0.2, -0.15) is 0 Å². The second-order valence-corrected chi connectivity index (χ2v) is 4.67. The lowest BCUT2D eigenvalue weighted by Gasteiger charge is -2.09. The Balaban J connectivity index is 1.77. The van der Waals surface area contributed by atoms with E-state index in [-0.39, 0.29) is 5.91 Å². The zero-order valence-corrected chi connectivity index (χ0v) is 12.1. The second kappa shape index (κ2) is 6.13. The molecule has 5 nitrogen and oxygen atoms in total. The van der Waals surface area contributed by atoms with E-state index in [9.17, 15) is 4.79 Å². The fourth-order valence-electron chi connectivity index (χ4n) is 2.16. The maximum absolute atomic E-state index is 12.3. The minimum Gasteiger partial charge on any atom is -0.496 e. The molecule has 0 atom stereocenters. The molecule has 1 N–H and O–H groups in total. The Morgan fingerprint density at radius 2 is 1.91 bits per heavy atom. The van der Waals surface area contributed by atoms with Gasteiger partial charge in [0.15, 0.2) is 0 Å². The lowest BCUT2D eigenvalue weighted by molar-refractivity contribution is 0.102. The maximum Gasteiger partial charge on any atom is 0.259 e. The van der Waals surface area contributed by atoms with Crippen LogP contribution in [0.2, 0.25) is 0 Å². The Morgan fingerprint density at radius 3 is 2.59 bits per heavy atom. The number of carbonyl (C=O) groups is 1. The minimum atomic E-state index is -0.201. The molecule has 1 heterocycles. The molecule has 0 aliphatic heterocycles. The van der Waals surface area contributed by atoms with Crippen LogP contribution in [0.15, 0.2) is 67.3 Å². The topological polar surface area (TPSA) is 56.1 Å². The van der Waals surface area contributed by atoms with Crippen molar-refractivity contribution in [1.29, 1.82) is 0 Å². The third-order valence-electron chi connectivity index (χ3n) is 3.28.